The molecule has 1 spiro atoms. The monoisotopic (exact) mass is 446 g/mol. The summed E-state index contributed by atoms with van der Waals surface area (Å²) in [6, 6.07) is 10.9. The third-order valence-corrected chi connectivity index (χ3v) is 6.90. The van der Waals surface area contributed by atoms with Gasteiger partial charge in [-0.25, -0.2) is 0 Å². The summed E-state index contributed by atoms with van der Waals surface area (Å²) in [7, 11) is 1.59. The third kappa shape index (κ3) is 2.69. The minimum atomic E-state index is -1.54. The summed E-state index contributed by atoms with van der Waals surface area (Å²) in [6.45, 7) is 6.83. The molecule has 2 aromatic carbocycles. The number of aryl methyl sites for hydroxylation is 2. The van der Waals surface area contributed by atoms with Crippen molar-refractivity contribution in [3.63, 3.8) is 0 Å². The summed E-state index contributed by atoms with van der Waals surface area (Å²) < 4.78 is 11.3. The number of carbonyl (C=O) groups is 2. The van der Waals surface area contributed by atoms with Crippen molar-refractivity contribution in [2.24, 2.45) is 0 Å². The first-order valence-corrected chi connectivity index (χ1v) is 11.2. The van der Waals surface area contributed by atoms with Gasteiger partial charge in [0.25, 0.3) is 11.8 Å². The number of hydrogen-bond acceptors (Lipinski definition) is 5. The topological polar surface area (TPSA) is 80.1 Å². The van der Waals surface area contributed by atoms with Crippen LogP contribution in [0.2, 0.25) is 0 Å². The van der Waals surface area contributed by atoms with Gasteiger partial charge in [-0.15, -0.1) is 0 Å². The average molecular weight is 447 g/mol. The van der Waals surface area contributed by atoms with Crippen LogP contribution >= 0.6 is 0 Å². The van der Waals surface area contributed by atoms with Crippen LogP contribution in [0.4, 0.5) is 5.69 Å². The lowest BCUT2D eigenvalue weighted by Gasteiger charge is -2.34. The highest BCUT2D eigenvalue weighted by atomic mass is 16.5. The van der Waals surface area contributed by atoms with Gasteiger partial charge >= 0.3 is 0 Å². The predicted molar refractivity (Wildman–Crippen MR) is 125 cm³/mol. The Morgan fingerprint density at radius 3 is 2.52 bits per heavy atom. The van der Waals surface area contributed by atoms with Crippen molar-refractivity contribution in [1.82, 2.24) is 4.90 Å². The number of carbonyl (C=O) groups excluding carboxylic acids is 2. The van der Waals surface area contributed by atoms with E-state index < -0.39 is 11.4 Å². The van der Waals surface area contributed by atoms with Crippen LogP contribution in [-0.4, -0.2) is 43.5 Å². The summed E-state index contributed by atoms with van der Waals surface area (Å²) in [4.78, 5) is 45.0. The zero-order valence-electron chi connectivity index (χ0n) is 19.2. The Kier molecular flexibility index (Phi) is 4.90. The molecule has 0 unspecified atom stereocenters. The van der Waals surface area contributed by atoms with Crippen LogP contribution in [0.5, 0.6) is 0 Å². The molecule has 0 fully saturated rings. The number of benzene rings is 2. The maximum Gasteiger partial charge on any atom is 0.291 e. The Morgan fingerprint density at radius 2 is 1.79 bits per heavy atom. The second-order valence-electron chi connectivity index (χ2n) is 8.65. The van der Waals surface area contributed by atoms with Gasteiger partial charge in [-0.05, 0) is 56.5 Å². The number of likely N-dealkylation sites (N-methyl/N-ethyl adjacent to an activating group) is 1. The van der Waals surface area contributed by atoms with Crippen LogP contribution in [0.1, 0.15) is 46.2 Å². The number of hydrogen-bond donors (Lipinski definition) is 0. The van der Waals surface area contributed by atoms with E-state index in [0.717, 1.165) is 11.1 Å². The second-order valence-corrected chi connectivity index (χ2v) is 8.65. The summed E-state index contributed by atoms with van der Waals surface area (Å²) in [5, 5.41) is 0.378. The number of rotatable bonds is 5. The lowest BCUT2D eigenvalue weighted by molar-refractivity contribution is -0.126. The average Bonchev–Trinajstić information content (AvgIpc) is 3.20. The molecule has 0 radical (unpaired) electrons. The van der Waals surface area contributed by atoms with Crippen LogP contribution in [-0.2, 0) is 15.1 Å². The molecule has 1 atom stereocenters. The molecule has 1 aromatic heterocycles. The number of anilines is 1. The van der Waals surface area contributed by atoms with Crippen LogP contribution in [0.3, 0.4) is 0 Å². The van der Waals surface area contributed by atoms with E-state index in [1.165, 1.54) is 4.90 Å². The molecule has 2 aliphatic rings. The zero-order chi connectivity index (χ0) is 23.5. The maximum atomic E-state index is 14.1. The van der Waals surface area contributed by atoms with E-state index in [1.807, 2.05) is 45.0 Å². The van der Waals surface area contributed by atoms with Gasteiger partial charge in [0, 0.05) is 32.4 Å². The Labute approximate surface area is 191 Å². The Morgan fingerprint density at radius 1 is 1.06 bits per heavy atom. The normalized spacial score (nSPS) is 19.2. The molecule has 0 N–H and O–H groups in total. The molecule has 170 valence electrons. The first kappa shape index (κ1) is 21.4. The summed E-state index contributed by atoms with van der Waals surface area (Å²) in [6.07, 6.45) is 0.519. The number of ether oxygens (including phenoxy) is 1. The molecule has 3 aromatic rings. The van der Waals surface area contributed by atoms with E-state index in [0.29, 0.717) is 41.8 Å². The van der Waals surface area contributed by atoms with Gasteiger partial charge in [-0.3, -0.25) is 14.4 Å². The van der Waals surface area contributed by atoms with Gasteiger partial charge in [0.1, 0.15) is 5.58 Å². The SMILES string of the molecule is CCN1C(=O)[C@@]2(c3ccccc31)c1c(oc3cc(C)c(C)cc3c1=O)C(=O)N2CCCOC. The Bertz CT molecular complexity index is 1380. The van der Waals surface area contributed by atoms with Gasteiger partial charge in [-0.2, -0.15) is 0 Å². The number of nitrogens with zero attached hydrogens (tertiary/aromatic N) is 2. The van der Waals surface area contributed by atoms with E-state index in [2.05, 4.69) is 0 Å². The largest absolute Gasteiger partial charge is 0.450 e. The van der Waals surface area contributed by atoms with Gasteiger partial charge < -0.3 is 19.0 Å². The highest BCUT2D eigenvalue weighted by Crippen LogP contribution is 2.52. The van der Waals surface area contributed by atoms with Crippen molar-refractivity contribution in [1.29, 1.82) is 0 Å². The predicted octanol–water partition coefficient (Wildman–Crippen LogP) is 3.51. The summed E-state index contributed by atoms with van der Waals surface area (Å²) >= 11 is 0. The highest BCUT2D eigenvalue weighted by molar-refractivity contribution is 6.17. The molecular weight excluding hydrogens is 420 g/mol. The van der Waals surface area contributed by atoms with Crippen molar-refractivity contribution >= 4 is 28.5 Å². The van der Waals surface area contributed by atoms with E-state index in [1.54, 1.807) is 24.1 Å². The summed E-state index contributed by atoms with van der Waals surface area (Å²) in [5.74, 6) is -0.792. The fourth-order valence-electron chi connectivity index (χ4n) is 5.23. The lowest BCUT2D eigenvalue weighted by atomic mass is 9.83. The molecule has 33 heavy (non-hydrogen) atoms. The van der Waals surface area contributed by atoms with Crippen molar-refractivity contribution in [3.05, 3.63) is 74.6 Å². The molecule has 0 saturated carbocycles. The van der Waals surface area contributed by atoms with Gasteiger partial charge in [0.05, 0.1) is 16.6 Å². The first-order valence-electron chi connectivity index (χ1n) is 11.2. The van der Waals surface area contributed by atoms with Gasteiger partial charge in [0.2, 0.25) is 5.76 Å². The Hall–Kier alpha value is -3.45. The number of fused-ring (bicyclic) bond motifs is 5. The molecule has 2 amide bonds. The van der Waals surface area contributed by atoms with Crippen molar-refractivity contribution in [3.8, 4) is 0 Å². The van der Waals surface area contributed by atoms with E-state index in [-0.39, 0.29) is 29.2 Å². The molecule has 2 aliphatic heterocycles. The summed E-state index contributed by atoms with van der Waals surface area (Å²) in [5.41, 5.74) is 1.85. The minimum Gasteiger partial charge on any atom is -0.450 e. The second kappa shape index (κ2) is 7.56. The molecular formula is C26H26N2O5. The van der Waals surface area contributed by atoms with Crippen LogP contribution < -0.4 is 10.3 Å². The van der Waals surface area contributed by atoms with E-state index >= 15 is 0 Å². The number of amides is 2. The van der Waals surface area contributed by atoms with E-state index in [9.17, 15) is 14.4 Å². The molecule has 0 aliphatic carbocycles. The fourth-order valence-corrected chi connectivity index (χ4v) is 5.23. The molecule has 0 saturated heterocycles. The van der Waals surface area contributed by atoms with Crippen molar-refractivity contribution in [2.75, 3.05) is 31.7 Å². The maximum absolute atomic E-state index is 14.1. The Balaban J connectivity index is 1.88. The van der Waals surface area contributed by atoms with Gasteiger partial charge in [-0.1, -0.05) is 18.2 Å². The van der Waals surface area contributed by atoms with Crippen molar-refractivity contribution in [2.45, 2.75) is 32.7 Å². The van der Waals surface area contributed by atoms with Crippen molar-refractivity contribution < 1.29 is 18.7 Å². The fraction of sp³-hybridized carbons (Fsp3) is 0.346. The molecule has 0 bridgehead atoms. The third-order valence-electron chi connectivity index (χ3n) is 6.90. The zero-order valence-corrected chi connectivity index (χ0v) is 19.2. The number of methoxy groups -OCH3 is 1. The molecule has 7 heteroatoms. The number of para-hydroxylation sites is 1. The minimum absolute atomic E-state index is 0.0470. The standard InChI is InChI=1S/C26H26N2O5/c1-5-27-19-10-7-6-9-18(19)26(25(27)31)21-22(29)17-13-15(2)16(3)14-20(17)33-23(21)24(30)28(26)11-8-12-32-4/h6-7,9-10,13-14H,5,8,11-12H2,1-4H3/t26-/m1/s1. The molecule has 3 heterocycles. The smallest absolute Gasteiger partial charge is 0.291 e. The first-order chi connectivity index (χ1) is 15.9. The quantitative estimate of drug-likeness (QED) is 0.561. The van der Waals surface area contributed by atoms with Crippen LogP contribution in [0.15, 0.2) is 45.6 Å². The highest BCUT2D eigenvalue weighted by Gasteiger charge is 2.64. The lowest BCUT2D eigenvalue weighted by Crippen LogP contribution is -2.53. The van der Waals surface area contributed by atoms with E-state index in [4.69, 9.17) is 9.15 Å². The molecule has 7 nitrogen and oxygen atoms in total. The van der Waals surface area contributed by atoms with Crippen LogP contribution in [0, 0.1) is 13.8 Å². The van der Waals surface area contributed by atoms with Crippen LogP contribution in [0.25, 0.3) is 11.0 Å². The molecule has 5 rings (SSSR count). The van der Waals surface area contributed by atoms with Gasteiger partial charge in [0.15, 0.2) is 11.0 Å².